The van der Waals surface area contributed by atoms with Crippen LogP contribution in [0, 0.1) is 0 Å². The summed E-state index contributed by atoms with van der Waals surface area (Å²) in [5.41, 5.74) is 6.80. The van der Waals surface area contributed by atoms with Crippen LogP contribution >= 0.6 is 0 Å². The molecule has 0 amide bonds. The maximum absolute atomic E-state index is 5.65. The molecule has 2 rings (SSSR count). The third kappa shape index (κ3) is 2.70. The summed E-state index contributed by atoms with van der Waals surface area (Å²) in [6.07, 6.45) is 6.03. The summed E-state index contributed by atoms with van der Waals surface area (Å²) >= 11 is 0. The van der Waals surface area contributed by atoms with Gasteiger partial charge in [-0.2, -0.15) is 0 Å². The molecule has 0 spiro atoms. The van der Waals surface area contributed by atoms with Crippen LogP contribution in [0.5, 0.6) is 5.75 Å². The number of pyridine rings is 2. The lowest BCUT2D eigenvalue weighted by molar-refractivity contribution is 0.322. The SMILES string of the molecule is Nc1ncccc1OCCc1cccnc1. The van der Waals surface area contributed by atoms with E-state index in [-0.39, 0.29) is 0 Å². The lowest BCUT2D eigenvalue weighted by Gasteiger charge is -2.07. The Balaban J connectivity index is 1.87. The van der Waals surface area contributed by atoms with Crippen molar-refractivity contribution in [3.63, 3.8) is 0 Å². The number of nitrogens with zero attached hydrogens (tertiary/aromatic N) is 2. The van der Waals surface area contributed by atoms with Crippen molar-refractivity contribution in [1.82, 2.24) is 9.97 Å². The van der Waals surface area contributed by atoms with E-state index in [9.17, 15) is 0 Å². The molecule has 0 atom stereocenters. The second-order valence-corrected chi connectivity index (χ2v) is 3.35. The Kier molecular flexibility index (Phi) is 3.33. The summed E-state index contributed by atoms with van der Waals surface area (Å²) in [4.78, 5) is 7.98. The fourth-order valence-electron chi connectivity index (χ4n) is 1.35. The van der Waals surface area contributed by atoms with Gasteiger partial charge in [0.2, 0.25) is 0 Å². The highest BCUT2D eigenvalue weighted by Gasteiger charge is 1.99. The smallest absolute Gasteiger partial charge is 0.166 e. The molecule has 2 N–H and O–H groups in total. The van der Waals surface area contributed by atoms with Crippen molar-refractivity contribution in [3.8, 4) is 5.75 Å². The predicted molar refractivity (Wildman–Crippen MR) is 62.1 cm³/mol. The molecule has 4 heteroatoms. The summed E-state index contributed by atoms with van der Waals surface area (Å²) in [6, 6.07) is 7.54. The largest absolute Gasteiger partial charge is 0.489 e. The standard InChI is InChI=1S/C12H13N3O/c13-12-11(4-2-7-15-12)16-8-5-10-3-1-6-14-9-10/h1-4,6-7,9H,5,8H2,(H2,13,15). The molecular weight excluding hydrogens is 202 g/mol. The molecule has 2 aromatic rings. The third-order valence-electron chi connectivity index (χ3n) is 2.17. The highest BCUT2D eigenvalue weighted by molar-refractivity contribution is 5.44. The molecule has 0 unspecified atom stereocenters. The Morgan fingerprint density at radius 2 is 2.06 bits per heavy atom. The average molecular weight is 215 g/mol. The number of rotatable bonds is 4. The van der Waals surface area contributed by atoms with E-state index in [1.54, 1.807) is 18.5 Å². The first-order chi connectivity index (χ1) is 7.86. The molecule has 0 aromatic carbocycles. The predicted octanol–water partition coefficient (Wildman–Crippen LogP) is 1.68. The quantitative estimate of drug-likeness (QED) is 0.842. The minimum Gasteiger partial charge on any atom is -0.489 e. The van der Waals surface area contributed by atoms with Crippen LogP contribution in [0.15, 0.2) is 42.9 Å². The second-order valence-electron chi connectivity index (χ2n) is 3.35. The molecule has 2 heterocycles. The number of aromatic nitrogens is 2. The van der Waals surface area contributed by atoms with Crippen LogP contribution in [0.25, 0.3) is 0 Å². The monoisotopic (exact) mass is 215 g/mol. The van der Waals surface area contributed by atoms with Crippen LogP contribution in [0.1, 0.15) is 5.56 Å². The van der Waals surface area contributed by atoms with Crippen molar-refractivity contribution in [1.29, 1.82) is 0 Å². The summed E-state index contributed by atoms with van der Waals surface area (Å²) in [5.74, 6) is 1.06. The molecule has 0 aliphatic heterocycles. The van der Waals surface area contributed by atoms with Crippen molar-refractivity contribution < 1.29 is 4.74 Å². The Bertz CT molecular complexity index is 445. The number of nitrogens with two attached hydrogens (primary N) is 1. The van der Waals surface area contributed by atoms with E-state index >= 15 is 0 Å². The zero-order valence-electron chi connectivity index (χ0n) is 8.84. The summed E-state index contributed by atoms with van der Waals surface area (Å²) in [5, 5.41) is 0. The third-order valence-corrected chi connectivity index (χ3v) is 2.17. The number of hydrogen-bond donors (Lipinski definition) is 1. The number of hydrogen-bond acceptors (Lipinski definition) is 4. The molecule has 0 bridgehead atoms. The number of nitrogen functional groups attached to an aromatic ring is 1. The highest BCUT2D eigenvalue weighted by atomic mass is 16.5. The van der Waals surface area contributed by atoms with Gasteiger partial charge in [0.25, 0.3) is 0 Å². The number of anilines is 1. The van der Waals surface area contributed by atoms with Crippen molar-refractivity contribution in [2.45, 2.75) is 6.42 Å². The number of ether oxygens (including phenoxy) is 1. The summed E-state index contributed by atoms with van der Waals surface area (Å²) in [6.45, 7) is 0.571. The van der Waals surface area contributed by atoms with E-state index in [0.717, 1.165) is 12.0 Å². The molecule has 0 aliphatic rings. The van der Waals surface area contributed by atoms with Gasteiger partial charge in [-0.15, -0.1) is 0 Å². The van der Waals surface area contributed by atoms with Crippen molar-refractivity contribution in [3.05, 3.63) is 48.4 Å². The van der Waals surface area contributed by atoms with E-state index in [1.807, 2.05) is 24.4 Å². The topological polar surface area (TPSA) is 61.0 Å². The lowest BCUT2D eigenvalue weighted by atomic mass is 10.2. The van der Waals surface area contributed by atoms with E-state index in [2.05, 4.69) is 9.97 Å². The van der Waals surface area contributed by atoms with Gasteiger partial charge in [-0.05, 0) is 23.8 Å². The van der Waals surface area contributed by atoms with Gasteiger partial charge in [0.1, 0.15) is 0 Å². The molecule has 16 heavy (non-hydrogen) atoms. The molecule has 0 fully saturated rings. The molecule has 0 radical (unpaired) electrons. The second kappa shape index (κ2) is 5.11. The van der Waals surface area contributed by atoms with Gasteiger partial charge in [0.15, 0.2) is 11.6 Å². The molecule has 82 valence electrons. The lowest BCUT2D eigenvalue weighted by Crippen LogP contribution is -2.04. The van der Waals surface area contributed by atoms with Crippen molar-refractivity contribution >= 4 is 5.82 Å². The van der Waals surface area contributed by atoms with Gasteiger partial charge in [-0.25, -0.2) is 4.98 Å². The van der Waals surface area contributed by atoms with Crippen LogP contribution in [0.3, 0.4) is 0 Å². The first kappa shape index (κ1) is 10.4. The van der Waals surface area contributed by atoms with Crippen molar-refractivity contribution in [2.24, 2.45) is 0 Å². The van der Waals surface area contributed by atoms with Gasteiger partial charge in [-0.3, -0.25) is 4.98 Å². The molecule has 0 aliphatic carbocycles. The van der Waals surface area contributed by atoms with Gasteiger partial charge < -0.3 is 10.5 Å². The molecule has 0 saturated carbocycles. The zero-order chi connectivity index (χ0) is 11.2. The zero-order valence-corrected chi connectivity index (χ0v) is 8.84. The van der Waals surface area contributed by atoms with E-state index in [1.165, 1.54) is 0 Å². The van der Waals surface area contributed by atoms with Crippen LogP contribution in [0.4, 0.5) is 5.82 Å². The Labute approximate surface area is 94.1 Å². The van der Waals surface area contributed by atoms with Gasteiger partial charge >= 0.3 is 0 Å². The Hall–Kier alpha value is -2.10. The van der Waals surface area contributed by atoms with Gasteiger partial charge in [0.05, 0.1) is 6.61 Å². The van der Waals surface area contributed by atoms with E-state index in [4.69, 9.17) is 10.5 Å². The summed E-state index contributed by atoms with van der Waals surface area (Å²) in [7, 11) is 0. The maximum Gasteiger partial charge on any atom is 0.166 e. The van der Waals surface area contributed by atoms with Crippen LogP contribution in [0.2, 0.25) is 0 Å². The molecular formula is C12H13N3O. The summed E-state index contributed by atoms with van der Waals surface area (Å²) < 4.78 is 5.53. The molecule has 4 nitrogen and oxygen atoms in total. The minimum absolute atomic E-state index is 0.425. The molecule has 0 saturated heterocycles. The highest BCUT2D eigenvalue weighted by Crippen LogP contribution is 2.16. The first-order valence-electron chi connectivity index (χ1n) is 5.08. The van der Waals surface area contributed by atoms with E-state index in [0.29, 0.717) is 18.2 Å². The van der Waals surface area contributed by atoms with Crippen LogP contribution in [-0.2, 0) is 6.42 Å². The van der Waals surface area contributed by atoms with Crippen LogP contribution in [-0.4, -0.2) is 16.6 Å². The normalized spacial score (nSPS) is 10.0. The molecule has 2 aromatic heterocycles. The average Bonchev–Trinajstić information content (AvgIpc) is 2.33. The fraction of sp³-hybridized carbons (Fsp3) is 0.167. The van der Waals surface area contributed by atoms with Crippen LogP contribution < -0.4 is 10.5 Å². The van der Waals surface area contributed by atoms with Gasteiger partial charge in [0, 0.05) is 25.0 Å². The Morgan fingerprint density at radius 1 is 1.19 bits per heavy atom. The van der Waals surface area contributed by atoms with Gasteiger partial charge in [-0.1, -0.05) is 6.07 Å². The Morgan fingerprint density at radius 3 is 2.81 bits per heavy atom. The maximum atomic E-state index is 5.65. The van der Waals surface area contributed by atoms with Crippen molar-refractivity contribution in [2.75, 3.05) is 12.3 Å². The fourth-order valence-corrected chi connectivity index (χ4v) is 1.35. The minimum atomic E-state index is 0.425. The first-order valence-corrected chi connectivity index (χ1v) is 5.08. The van der Waals surface area contributed by atoms with E-state index < -0.39 is 0 Å².